The molecule has 2 aliphatic rings. The third-order valence-electron chi connectivity index (χ3n) is 5.31. The van der Waals surface area contributed by atoms with E-state index >= 15 is 0 Å². The highest BCUT2D eigenvalue weighted by Gasteiger charge is 2.48. The molecular weight excluding hydrogens is 376 g/mol. The van der Waals surface area contributed by atoms with Gasteiger partial charge in [0.15, 0.2) is 0 Å². The molecule has 0 spiro atoms. The van der Waals surface area contributed by atoms with Crippen LogP contribution in [0, 0.1) is 11.8 Å². The Balaban J connectivity index is 1.59. The van der Waals surface area contributed by atoms with E-state index in [9.17, 15) is 14.4 Å². The van der Waals surface area contributed by atoms with Gasteiger partial charge in [0.2, 0.25) is 11.8 Å². The molecule has 1 heterocycles. The number of halogens is 1. The number of allylic oxidation sites excluding steroid dienone is 2. The Hall–Kier alpha value is -2.92. The van der Waals surface area contributed by atoms with Crippen LogP contribution in [0.15, 0.2) is 60.2 Å². The number of rotatable bonds is 3. The van der Waals surface area contributed by atoms with E-state index < -0.39 is 0 Å². The summed E-state index contributed by atoms with van der Waals surface area (Å²) < 4.78 is 0. The first-order valence-corrected chi connectivity index (χ1v) is 9.53. The van der Waals surface area contributed by atoms with Gasteiger partial charge < -0.3 is 5.32 Å². The van der Waals surface area contributed by atoms with Crippen LogP contribution >= 0.6 is 11.6 Å². The Morgan fingerprint density at radius 3 is 2.61 bits per heavy atom. The second-order valence-corrected chi connectivity index (χ2v) is 7.61. The second-order valence-electron chi connectivity index (χ2n) is 7.20. The van der Waals surface area contributed by atoms with Gasteiger partial charge in [-0.25, -0.2) is 0 Å². The second kappa shape index (κ2) is 7.24. The van der Waals surface area contributed by atoms with E-state index in [-0.39, 0.29) is 29.6 Å². The maximum atomic E-state index is 12.9. The molecule has 2 aromatic rings. The predicted octanol–water partition coefficient (Wildman–Crippen LogP) is 4.44. The highest BCUT2D eigenvalue weighted by molar-refractivity contribution is 6.34. The average molecular weight is 395 g/mol. The predicted molar refractivity (Wildman–Crippen MR) is 108 cm³/mol. The minimum absolute atomic E-state index is 0.189. The molecule has 142 valence electrons. The topological polar surface area (TPSA) is 66.5 Å². The van der Waals surface area contributed by atoms with Crippen molar-refractivity contribution in [2.24, 2.45) is 11.8 Å². The van der Waals surface area contributed by atoms with E-state index in [0.717, 1.165) is 5.57 Å². The summed E-state index contributed by atoms with van der Waals surface area (Å²) in [7, 11) is 0. The zero-order valence-corrected chi connectivity index (χ0v) is 16.1. The zero-order chi connectivity index (χ0) is 19.8. The van der Waals surface area contributed by atoms with Crippen molar-refractivity contribution in [2.45, 2.75) is 19.8 Å². The third-order valence-corrected chi connectivity index (χ3v) is 5.64. The van der Waals surface area contributed by atoms with Gasteiger partial charge in [0.1, 0.15) is 0 Å². The Bertz CT molecular complexity index is 1010. The Labute approximate surface area is 168 Å². The van der Waals surface area contributed by atoms with Gasteiger partial charge in [-0.1, -0.05) is 41.4 Å². The van der Waals surface area contributed by atoms with Crippen LogP contribution in [0.4, 0.5) is 11.4 Å². The van der Waals surface area contributed by atoms with Crippen molar-refractivity contribution in [3.05, 3.63) is 70.8 Å². The largest absolute Gasteiger partial charge is 0.321 e. The molecule has 0 unspecified atom stereocenters. The van der Waals surface area contributed by atoms with Crippen molar-refractivity contribution in [2.75, 3.05) is 10.2 Å². The molecule has 1 fully saturated rings. The highest BCUT2D eigenvalue weighted by atomic mass is 35.5. The lowest BCUT2D eigenvalue weighted by Gasteiger charge is -2.18. The molecule has 6 heteroatoms. The molecular formula is C22H19ClN2O3. The van der Waals surface area contributed by atoms with Crippen LogP contribution in [0.25, 0.3) is 0 Å². The number of amides is 3. The summed E-state index contributed by atoms with van der Waals surface area (Å²) in [6.45, 7) is 1.98. The lowest BCUT2D eigenvalue weighted by Crippen LogP contribution is -2.31. The van der Waals surface area contributed by atoms with Crippen LogP contribution in [-0.2, 0) is 9.59 Å². The zero-order valence-electron chi connectivity index (χ0n) is 15.3. The number of anilines is 2. The van der Waals surface area contributed by atoms with Crippen molar-refractivity contribution in [1.82, 2.24) is 0 Å². The first-order valence-electron chi connectivity index (χ1n) is 9.15. The molecule has 3 amide bonds. The number of hydrogen-bond donors (Lipinski definition) is 1. The maximum Gasteiger partial charge on any atom is 0.255 e. The van der Waals surface area contributed by atoms with Crippen LogP contribution < -0.4 is 10.2 Å². The molecule has 0 radical (unpaired) electrons. The molecule has 5 nitrogen and oxygen atoms in total. The van der Waals surface area contributed by atoms with E-state index in [1.54, 1.807) is 48.5 Å². The van der Waals surface area contributed by atoms with E-state index in [1.807, 2.05) is 13.0 Å². The molecule has 1 N–H and O–H groups in total. The Morgan fingerprint density at radius 2 is 1.82 bits per heavy atom. The normalized spacial score (nSPS) is 21.4. The number of imide groups is 1. The lowest BCUT2D eigenvalue weighted by molar-refractivity contribution is -0.122. The fourth-order valence-corrected chi connectivity index (χ4v) is 4.02. The van der Waals surface area contributed by atoms with Gasteiger partial charge >= 0.3 is 0 Å². The van der Waals surface area contributed by atoms with Gasteiger partial charge in [-0.3, -0.25) is 19.3 Å². The molecule has 2 atom stereocenters. The summed E-state index contributed by atoms with van der Waals surface area (Å²) in [6.07, 6.45) is 3.23. The quantitative estimate of drug-likeness (QED) is 0.618. The molecule has 4 rings (SSSR count). The van der Waals surface area contributed by atoms with Gasteiger partial charge in [-0.2, -0.15) is 0 Å². The smallest absolute Gasteiger partial charge is 0.255 e. The molecule has 0 aromatic heterocycles. The van der Waals surface area contributed by atoms with Gasteiger partial charge in [0.25, 0.3) is 5.91 Å². The number of para-hydroxylation sites is 1. The number of carbonyl (C=O) groups excluding carboxylic acids is 3. The first kappa shape index (κ1) is 18.4. The summed E-state index contributed by atoms with van der Waals surface area (Å²) in [6, 6.07) is 13.5. The van der Waals surface area contributed by atoms with Crippen molar-refractivity contribution >= 4 is 40.7 Å². The first-order chi connectivity index (χ1) is 13.5. The summed E-state index contributed by atoms with van der Waals surface area (Å²) in [5.41, 5.74) is 2.41. The summed E-state index contributed by atoms with van der Waals surface area (Å²) in [4.78, 5) is 39.6. The van der Waals surface area contributed by atoms with Crippen molar-refractivity contribution in [3.8, 4) is 0 Å². The Morgan fingerprint density at radius 1 is 1.07 bits per heavy atom. The molecule has 1 saturated heterocycles. The lowest BCUT2D eigenvalue weighted by atomic mass is 9.82. The number of hydrogen-bond acceptors (Lipinski definition) is 3. The van der Waals surface area contributed by atoms with E-state index in [1.165, 1.54) is 4.90 Å². The fourth-order valence-electron chi connectivity index (χ4n) is 3.84. The molecule has 2 aromatic carbocycles. The van der Waals surface area contributed by atoms with E-state index in [2.05, 4.69) is 5.32 Å². The van der Waals surface area contributed by atoms with E-state index in [4.69, 9.17) is 11.6 Å². The molecule has 0 saturated carbocycles. The van der Waals surface area contributed by atoms with Crippen molar-refractivity contribution < 1.29 is 14.4 Å². The van der Waals surface area contributed by atoms with Crippen molar-refractivity contribution in [1.29, 1.82) is 0 Å². The molecule has 0 bridgehead atoms. The SMILES string of the molecule is CC1=CC[C@H]2C(=O)N(c3cccc(C(=O)Nc4ccccc4Cl)c3)C(=O)[C@H]2C1. The molecule has 1 aliphatic heterocycles. The number of nitrogens with zero attached hydrogens (tertiary/aromatic N) is 1. The van der Waals surface area contributed by atoms with Gasteiger partial charge in [-0.05, 0) is 50.1 Å². The van der Waals surface area contributed by atoms with Gasteiger partial charge in [-0.15, -0.1) is 0 Å². The minimum Gasteiger partial charge on any atom is -0.321 e. The number of fused-ring (bicyclic) bond motifs is 1. The van der Waals surface area contributed by atoms with Crippen LogP contribution in [0.5, 0.6) is 0 Å². The van der Waals surface area contributed by atoms with E-state index in [0.29, 0.717) is 34.8 Å². The van der Waals surface area contributed by atoms with Crippen LogP contribution in [0.3, 0.4) is 0 Å². The number of carbonyl (C=O) groups is 3. The summed E-state index contributed by atoms with van der Waals surface area (Å²) >= 11 is 6.09. The summed E-state index contributed by atoms with van der Waals surface area (Å²) in [5.74, 6) is -1.35. The van der Waals surface area contributed by atoms with Crippen molar-refractivity contribution in [3.63, 3.8) is 0 Å². The monoisotopic (exact) mass is 394 g/mol. The highest BCUT2D eigenvalue weighted by Crippen LogP contribution is 2.39. The number of benzene rings is 2. The maximum absolute atomic E-state index is 12.9. The average Bonchev–Trinajstić information content (AvgIpc) is 2.93. The molecule has 28 heavy (non-hydrogen) atoms. The fraction of sp³-hybridized carbons (Fsp3) is 0.227. The van der Waals surface area contributed by atoms with Crippen LogP contribution in [-0.4, -0.2) is 17.7 Å². The Kier molecular flexibility index (Phi) is 4.77. The minimum atomic E-state index is -0.357. The summed E-state index contributed by atoms with van der Waals surface area (Å²) in [5, 5.41) is 3.19. The number of nitrogens with one attached hydrogen (secondary N) is 1. The molecule has 1 aliphatic carbocycles. The van der Waals surface area contributed by atoms with Gasteiger partial charge in [0.05, 0.1) is 28.2 Å². The van der Waals surface area contributed by atoms with Crippen LogP contribution in [0.2, 0.25) is 5.02 Å². The van der Waals surface area contributed by atoms with Gasteiger partial charge in [0, 0.05) is 5.56 Å². The van der Waals surface area contributed by atoms with Crippen LogP contribution in [0.1, 0.15) is 30.1 Å². The third kappa shape index (κ3) is 3.22. The standard InChI is InChI=1S/C22H19ClN2O3/c1-13-9-10-16-17(11-13)22(28)25(21(16)27)15-6-4-5-14(12-15)20(26)24-19-8-3-2-7-18(19)23/h2-9,12,16-17H,10-11H2,1H3,(H,24,26)/t16-,17+/m1/s1.